The molecule has 1 N–H and O–H groups in total. The highest BCUT2D eigenvalue weighted by Gasteiger charge is 2.62. The van der Waals surface area contributed by atoms with Crippen molar-refractivity contribution in [2.24, 2.45) is 17.3 Å². The first kappa shape index (κ1) is 7.07. The maximum absolute atomic E-state index is 10.4. The number of aliphatic carboxylic acids is 1. The van der Waals surface area contributed by atoms with E-state index in [1.54, 1.807) is 13.8 Å². The first-order valence-corrected chi connectivity index (χ1v) is 3.14. The van der Waals surface area contributed by atoms with Crippen LogP contribution in [0.15, 0.2) is 0 Å². The lowest BCUT2D eigenvalue weighted by Crippen LogP contribution is -2.02. The first-order chi connectivity index (χ1) is 4.51. The van der Waals surface area contributed by atoms with Gasteiger partial charge >= 0.3 is 5.97 Å². The molecule has 3 nitrogen and oxygen atoms in total. The lowest BCUT2D eigenvalue weighted by Gasteiger charge is -1.94. The Bertz CT molecular complexity index is 214. The third kappa shape index (κ3) is 0.688. The van der Waals surface area contributed by atoms with Crippen molar-refractivity contribution in [2.45, 2.75) is 13.8 Å². The van der Waals surface area contributed by atoms with Crippen LogP contribution < -0.4 is 0 Å². The summed E-state index contributed by atoms with van der Waals surface area (Å²) in [5, 5.41) is 17.0. The molecular formula is C7H9NO2. The van der Waals surface area contributed by atoms with Crippen LogP contribution in [0.2, 0.25) is 0 Å². The van der Waals surface area contributed by atoms with Gasteiger partial charge in [0.25, 0.3) is 0 Å². The van der Waals surface area contributed by atoms with Crippen LogP contribution in [0.25, 0.3) is 0 Å². The highest BCUT2D eigenvalue weighted by molar-refractivity contribution is 5.76. The summed E-state index contributed by atoms with van der Waals surface area (Å²) in [6.45, 7) is 3.61. The van der Waals surface area contributed by atoms with Crippen LogP contribution in [0.5, 0.6) is 0 Å². The van der Waals surface area contributed by atoms with Gasteiger partial charge in [-0.15, -0.1) is 0 Å². The fraction of sp³-hybridized carbons (Fsp3) is 0.714. The van der Waals surface area contributed by atoms with Crippen molar-refractivity contribution in [2.75, 3.05) is 0 Å². The number of nitrogens with zero attached hydrogens (tertiary/aromatic N) is 1. The molecule has 1 aliphatic rings. The second-order valence-electron chi connectivity index (χ2n) is 3.24. The van der Waals surface area contributed by atoms with Crippen molar-refractivity contribution < 1.29 is 9.90 Å². The molecule has 1 fully saturated rings. The molecule has 0 heterocycles. The van der Waals surface area contributed by atoms with Crippen molar-refractivity contribution in [3.05, 3.63) is 0 Å². The molecule has 3 heteroatoms. The van der Waals surface area contributed by atoms with Gasteiger partial charge in [0.2, 0.25) is 0 Å². The number of carboxylic acid groups (broad SMARTS) is 1. The highest BCUT2D eigenvalue weighted by Crippen LogP contribution is 2.57. The first-order valence-electron chi connectivity index (χ1n) is 3.14. The molecule has 0 unspecified atom stereocenters. The summed E-state index contributed by atoms with van der Waals surface area (Å²) < 4.78 is 0. The molecule has 1 saturated carbocycles. The van der Waals surface area contributed by atoms with Gasteiger partial charge < -0.3 is 5.11 Å². The third-order valence-electron chi connectivity index (χ3n) is 2.23. The lowest BCUT2D eigenvalue weighted by atomic mass is 10.1. The van der Waals surface area contributed by atoms with Gasteiger partial charge in [-0.2, -0.15) is 5.26 Å². The van der Waals surface area contributed by atoms with Gasteiger partial charge in [0, 0.05) is 0 Å². The zero-order valence-corrected chi connectivity index (χ0v) is 5.96. The SMILES string of the molecule is CC1(C)[C@H](C(=O)O)[C@@H]1C#N. The van der Waals surface area contributed by atoms with Crippen LogP contribution in [0.1, 0.15) is 13.8 Å². The number of rotatable bonds is 1. The lowest BCUT2D eigenvalue weighted by molar-refractivity contribution is -0.139. The van der Waals surface area contributed by atoms with Gasteiger partial charge in [-0.3, -0.25) is 4.79 Å². The van der Waals surface area contributed by atoms with E-state index in [4.69, 9.17) is 10.4 Å². The van der Waals surface area contributed by atoms with Gasteiger partial charge in [0.1, 0.15) is 0 Å². The summed E-state index contributed by atoms with van der Waals surface area (Å²) in [6.07, 6.45) is 0. The van der Waals surface area contributed by atoms with Gasteiger partial charge in [-0.25, -0.2) is 0 Å². The molecule has 0 amide bonds. The minimum Gasteiger partial charge on any atom is -0.481 e. The summed E-state index contributed by atoms with van der Waals surface area (Å²) in [4.78, 5) is 10.4. The zero-order valence-electron chi connectivity index (χ0n) is 5.96. The third-order valence-corrected chi connectivity index (χ3v) is 2.23. The molecule has 0 bridgehead atoms. The van der Waals surface area contributed by atoms with Crippen LogP contribution in [0.3, 0.4) is 0 Å². The van der Waals surface area contributed by atoms with E-state index < -0.39 is 11.9 Å². The smallest absolute Gasteiger partial charge is 0.308 e. The van der Waals surface area contributed by atoms with Gasteiger partial charge in [-0.05, 0) is 5.41 Å². The predicted molar refractivity (Wildman–Crippen MR) is 34.0 cm³/mol. The number of carbonyl (C=O) groups is 1. The average Bonchev–Trinajstić information content (AvgIpc) is 2.33. The van der Waals surface area contributed by atoms with Crippen molar-refractivity contribution in [1.29, 1.82) is 5.26 Å². The minimum atomic E-state index is -0.850. The van der Waals surface area contributed by atoms with E-state index >= 15 is 0 Å². The summed E-state index contributed by atoms with van der Waals surface area (Å²) in [5.74, 6) is -1.58. The molecule has 1 aliphatic carbocycles. The Morgan fingerprint density at radius 1 is 1.70 bits per heavy atom. The van der Waals surface area contributed by atoms with Crippen molar-refractivity contribution in [1.82, 2.24) is 0 Å². The number of hydrogen-bond acceptors (Lipinski definition) is 2. The summed E-state index contributed by atoms with van der Waals surface area (Å²) in [6, 6.07) is 1.98. The van der Waals surface area contributed by atoms with E-state index in [1.165, 1.54) is 0 Å². The maximum atomic E-state index is 10.4. The van der Waals surface area contributed by atoms with Crippen LogP contribution >= 0.6 is 0 Å². The van der Waals surface area contributed by atoms with Gasteiger partial charge in [-0.1, -0.05) is 13.8 Å². The van der Waals surface area contributed by atoms with Crippen LogP contribution in [-0.4, -0.2) is 11.1 Å². The maximum Gasteiger partial charge on any atom is 0.308 e. The quantitative estimate of drug-likeness (QED) is 0.586. The standard InChI is InChI=1S/C7H9NO2/c1-7(2)4(3-8)5(7)6(9)10/h4-5H,1-2H3,(H,9,10)/t4-,5-/m0/s1. The number of carboxylic acids is 1. The zero-order chi connectivity index (χ0) is 7.94. The molecule has 0 spiro atoms. The monoisotopic (exact) mass is 139 g/mol. The molecule has 1 rings (SSSR count). The van der Waals surface area contributed by atoms with Crippen molar-refractivity contribution in [3.8, 4) is 6.07 Å². The Hall–Kier alpha value is -1.04. The van der Waals surface area contributed by atoms with E-state index in [0.29, 0.717) is 0 Å². The molecule has 10 heavy (non-hydrogen) atoms. The van der Waals surface area contributed by atoms with Gasteiger partial charge in [0.15, 0.2) is 0 Å². The molecule has 0 aromatic heterocycles. The Morgan fingerprint density at radius 3 is 2.30 bits per heavy atom. The van der Waals surface area contributed by atoms with Crippen LogP contribution in [0, 0.1) is 28.6 Å². The van der Waals surface area contributed by atoms with Crippen molar-refractivity contribution in [3.63, 3.8) is 0 Å². The van der Waals surface area contributed by atoms with E-state index in [-0.39, 0.29) is 11.3 Å². The summed E-state index contributed by atoms with van der Waals surface area (Å²) in [7, 11) is 0. The van der Waals surface area contributed by atoms with E-state index in [1.807, 2.05) is 6.07 Å². The summed E-state index contributed by atoms with van der Waals surface area (Å²) in [5.41, 5.74) is -0.305. The molecular weight excluding hydrogens is 130 g/mol. The molecule has 0 radical (unpaired) electrons. The fourth-order valence-electron chi connectivity index (χ4n) is 1.34. The van der Waals surface area contributed by atoms with Gasteiger partial charge in [0.05, 0.1) is 17.9 Å². The predicted octanol–water partition coefficient (Wildman–Crippen LogP) is 0.867. The number of hydrogen-bond donors (Lipinski definition) is 1. The minimum absolute atomic E-state index is 0.287. The van der Waals surface area contributed by atoms with Crippen molar-refractivity contribution >= 4 is 5.97 Å². The largest absolute Gasteiger partial charge is 0.481 e. The molecule has 0 saturated heterocycles. The van der Waals surface area contributed by atoms with E-state index in [2.05, 4.69) is 0 Å². The van der Waals surface area contributed by atoms with Crippen LogP contribution in [0.4, 0.5) is 0 Å². The van der Waals surface area contributed by atoms with E-state index in [0.717, 1.165) is 0 Å². The summed E-state index contributed by atoms with van der Waals surface area (Å²) >= 11 is 0. The highest BCUT2D eigenvalue weighted by atomic mass is 16.4. The topological polar surface area (TPSA) is 61.1 Å². The molecule has 0 aromatic rings. The normalized spacial score (nSPS) is 34.5. The second kappa shape index (κ2) is 1.72. The molecule has 54 valence electrons. The Labute approximate surface area is 59.3 Å². The molecule has 0 aromatic carbocycles. The van der Waals surface area contributed by atoms with Crippen LogP contribution in [-0.2, 0) is 4.79 Å². The second-order valence-corrected chi connectivity index (χ2v) is 3.24. The average molecular weight is 139 g/mol. The fourth-order valence-corrected chi connectivity index (χ4v) is 1.34. The Kier molecular flexibility index (Phi) is 1.22. The molecule has 0 aliphatic heterocycles. The number of nitriles is 1. The Morgan fingerprint density at radius 2 is 2.20 bits per heavy atom. The molecule has 2 atom stereocenters. The van der Waals surface area contributed by atoms with E-state index in [9.17, 15) is 4.79 Å². The Balaban J connectivity index is 2.73.